The fourth-order valence-electron chi connectivity index (χ4n) is 1.38. The summed E-state index contributed by atoms with van der Waals surface area (Å²) < 4.78 is 28.0. The van der Waals surface area contributed by atoms with E-state index in [4.69, 9.17) is 0 Å². The van der Waals surface area contributed by atoms with Gasteiger partial charge in [-0.2, -0.15) is 11.3 Å². The van der Waals surface area contributed by atoms with Crippen LogP contribution in [-0.2, 0) is 16.6 Å². The van der Waals surface area contributed by atoms with Crippen molar-refractivity contribution in [2.45, 2.75) is 24.6 Å². The molecule has 0 saturated heterocycles. The van der Waals surface area contributed by atoms with E-state index in [0.29, 0.717) is 10.8 Å². The highest BCUT2D eigenvalue weighted by molar-refractivity contribution is 9.11. The Balaban J connectivity index is 2.15. The number of nitrogens with one attached hydrogen (secondary N) is 1. The quantitative estimate of drug-likeness (QED) is 0.898. The third-order valence-electron chi connectivity index (χ3n) is 2.51. The van der Waals surface area contributed by atoms with E-state index in [1.54, 1.807) is 17.4 Å². The molecule has 0 atom stereocenters. The minimum atomic E-state index is -3.41. The van der Waals surface area contributed by atoms with Crippen molar-refractivity contribution in [3.05, 3.63) is 37.3 Å². The van der Waals surface area contributed by atoms with Crippen LogP contribution in [0.3, 0.4) is 0 Å². The Morgan fingerprint density at radius 3 is 2.50 bits per heavy atom. The number of hydrogen-bond donors (Lipinski definition) is 1. The predicted octanol–water partition coefficient (Wildman–Crippen LogP) is 3.67. The van der Waals surface area contributed by atoms with Crippen LogP contribution < -0.4 is 4.72 Å². The van der Waals surface area contributed by atoms with Gasteiger partial charge in [-0.25, -0.2) is 13.1 Å². The van der Waals surface area contributed by atoms with Gasteiger partial charge in [0.2, 0.25) is 10.0 Å². The second-order valence-corrected chi connectivity index (χ2v) is 9.03. The Labute approximate surface area is 123 Å². The van der Waals surface area contributed by atoms with Gasteiger partial charge in [0, 0.05) is 6.54 Å². The highest BCUT2D eigenvalue weighted by atomic mass is 79.9. The molecule has 0 saturated carbocycles. The topological polar surface area (TPSA) is 46.2 Å². The van der Waals surface area contributed by atoms with Crippen LogP contribution in [0.1, 0.15) is 16.7 Å². The summed E-state index contributed by atoms with van der Waals surface area (Å²) in [5.74, 6) is 0. The van der Waals surface area contributed by atoms with Gasteiger partial charge in [-0.3, -0.25) is 0 Å². The molecular formula is C11H12BrNO2S3. The Kier molecular flexibility index (Phi) is 4.28. The van der Waals surface area contributed by atoms with Gasteiger partial charge in [0.05, 0.1) is 3.79 Å². The van der Waals surface area contributed by atoms with Crippen LogP contribution in [0.25, 0.3) is 0 Å². The molecule has 0 spiro atoms. The average Bonchev–Trinajstić information content (AvgIpc) is 2.84. The standard InChI is InChI=1S/C11H12BrNO2S3/c1-7-3-10(17-11(7)12)18(14,15)13-4-9-6-16-5-8(9)2/h3,5-6,13H,4H2,1-2H3. The molecule has 0 bridgehead atoms. The Bertz CT molecular complexity index is 638. The van der Waals surface area contributed by atoms with Crippen LogP contribution in [0.15, 0.2) is 24.8 Å². The number of aryl methyl sites for hydroxylation is 2. The van der Waals surface area contributed by atoms with Crippen LogP contribution in [-0.4, -0.2) is 8.42 Å². The molecule has 0 amide bonds. The van der Waals surface area contributed by atoms with E-state index in [0.717, 1.165) is 20.5 Å². The lowest BCUT2D eigenvalue weighted by atomic mass is 10.2. The van der Waals surface area contributed by atoms with Gasteiger partial charge in [-0.1, -0.05) is 0 Å². The van der Waals surface area contributed by atoms with Crippen LogP contribution in [0, 0.1) is 13.8 Å². The molecule has 7 heteroatoms. The number of hydrogen-bond acceptors (Lipinski definition) is 4. The third-order valence-corrected chi connectivity index (χ3v) is 7.44. The molecule has 0 aliphatic rings. The first kappa shape index (κ1) is 14.2. The fraction of sp³-hybridized carbons (Fsp3) is 0.273. The molecular weight excluding hydrogens is 354 g/mol. The van der Waals surface area contributed by atoms with Gasteiger partial charge >= 0.3 is 0 Å². The lowest BCUT2D eigenvalue weighted by Gasteiger charge is -2.04. The van der Waals surface area contributed by atoms with Gasteiger partial charge < -0.3 is 0 Å². The molecule has 0 aliphatic heterocycles. The van der Waals surface area contributed by atoms with Crippen molar-refractivity contribution in [2.75, 3.05) is 0 Å². The summed E-state index contributed by atoms with van der Waals surface area (Å²) in [4.78, 5) is 0. The number of sulfonamides is 1. The highest BCUT2D eigenvalue weighted by Crippen LogP contribution is 2.30. The minimum absolute atomic E-state index is 0.340. The van der Waals surface area contributed by atoms with Crippen molar-refractivity contribution in [3.63, 3.8) is 0 Å². The maximum absolute atomic E-state index is 12.1. The van der Waals surface area contributed by atoms with Crippen molar-refractivity contribution in [3.8, 4) is 0 Å². The minimum Gasteiger partial charge on any atom is -0.206 e. The van der Waals surface area contributed by atoms with Crippen LogP contribution in [0.2, 0.25) is 0 Å². The first-order chi connectivity index (χ1) is 8.40. The van der Waals surface area contributed by atoms with Crippen molar-refractivity contribution in [1.82, 2.24) is 4.72 Å². The summed E-state index contributed by atoms with van der Waals surface area (Å²) in [6, 6.07) is 1.68. The molecule has 0 aliphatic carbocycles. The van der Waals surface area contributed by atoms with E-state index in [1.807, 2.05) is 24.6 Å². The Hall–Kier alpha value is -0.210. The normalized spacial score (nSPS) is 11.9. The molecule has 0 aromatic carbocycles. The lowest BCUT2D eigenvalue weighted by Crippen LogP contribution is -2.22. The highest BCUT2D eigenvalue weighted by Gasteiger charge is 2.18. The third kappa shape index (κ3) is 3.03. The molecule has 98 valence electrons. The summed E-state index contributed by atoms with van der Waals surface area (Å²) in [5, 5.41) is 3.98. The first-order valence-electron chi connectivity index (χ1n) is 5.17. The smallest absolute Gasteiger partial charge is 0.206 e. The monoisotopic (exact) mass is 365 g/mol. The van der Waals surface area contributed by atoms with Crippen LogP contribution in [0.4, 0.5) is 0 Å². The molecule has 1 N–H and O–H groups in total. The van der Waals surface area contributed by atoms with Crippen molar-refractivity contribution >= 4 is 48.6 Å². The zero-order valence-corrected chi connectivity index (χ0v) is 13.9. The number of halogens is 1. The SMILES string of the molecule is Cc1cscc1CNS(=O)(=O)c1cc(C)c(Br)s1. The molecule has 0 fully saturated rings. The van der Waals surface area contributed by atoms with Crippen molar-refractivity contribution in [2.24, 2.45) is 0 Å². The van der Waals surface area contributed by atoms with Crippen LogP contribution in [0.5, 0.6) is 0 Å². The average molecular weight is 366 g/mol. The largest absolute Gasteiger partial charge is 0.250 e. The van der Waals surface area contributed by atoms with E-state index in [1.165, 1.54) is 11.3 Å². The van der Waals surface area contributed by atoms with Crippen molar-refractivity contribution < 1.29 is 8.42 Å². The zero-order valence-electron chi connectivity index (χ0n) is 9.86. The maximum Gasteiger partial charge on any atom is 0.250 e. The molecule has 2 aromatic rings. The molecule has 18 heavy (non-hydrogen) atoms. The summed E-state index contributed by atoms with van der Waals surface area (Å²) in [6.45, 7) is 4.20. The predicted molar refractivity (Wildman–Crippen MR) is 79.8 cm³/mol. The van der Waals surface area contributed by atoms with E-state index < -0.39 is 10.0 Å². The first-order valence-corrected chi connectivity index (χ1v) is 9.21. The van der Waals surface area contributed by atoms with Gasteiger partial charge in [0.1, 0.15) is 4.21 Å². The molecule has 2 rings (SSSR count). The number of rotatable bonds is 4. The Morgan fingerprint density at radius 1 is 1.28 bits per heavy atom. The van der Waals surface area contributed by atoms with E-state index >= 15 is 0 Å². The molecule has 0 radical (unpaired) electrons. The molecule has 3 nitrogen and oxygen atoms in total. The summed E-state index contributed by atoms with van der Waals surface area (Å²) >= 11 is 6.15. The van der Waals surface area contributed by atoms with Gasteiger partial charge in [-0.15, -0.1) is 11.3 Å². The maximum atomic E-state index is 12.1. The summed E-state index contributed by atoms with van der Waals surface area (Å²) in [6.07, 6.45) is 0. The number of thiophene rings is 2. The van der Waals surface area contributed by atoms with E-state index in [-0.39, 0.29) is 0 Å². The molecule has 2 aromatic heterocycles. The van der Waals surface area contributed by atoms with Crippen LogP contribution >= 0.6 is 38.6 Å². The zero-order chi connectivity index (χ0) is 13.3. The fourth-order valence-corrected chi connectivity index (χ4v) is 5.51. The summed E-state index contributed by atoms with van der Waals surface area (Å²) in [5.41, 5.74) is 3.08. The van der Waals surface area contributed by atoms with Crippen molar-refractivity contribution in [1.29, 1.82) is 0 Å². The van der Waals surface area contributed by atoms with Gasteiger partial charge in [0.15, 0.2) is 0 Å². The van der Waals surface area contributed by atoms with E-state index in [9.17, 15) is 8.42 Å². The van der Waals surface area contributed by atoms with Gasteiger partial charge in [-0.05, 0) is 63.3 Å². The second kappa shape index (κ2) is 5.42. The second-order valence-electron chi connectivity index (χ2n) is 3.93. The summed E-state index contributed by atoms with van der Waals surface area (Å²) in [7, 11) is -3.41. The molecule has 2 heterocycles. The Morgan fingerprint density at radius 2 is 2.00 bits per heavy atom. The lowest BCUT2D eigenvalue weighted by molar-refractivity contribution is 0.583. The molecule has 0 unspecified atom stereocenters. The van der Waals surface area contributed by atoms with E-state index in [2.05, 4.69) is 20.7 Å². The van der Waals surface area contributed by atoms with Gasteiger partial charge in [0.25, 0.3) is 0 Å².